The van der Waals surface area contributed by atoms with E-state index >= 15 is 0 Å². The molecule has 0 bridgehead atoms. The van der Waals surface area contributed by atoms with Crippen molar-refractivity contribution in [2.24, 2.45) is 11.8 Å². The molecule has 0 heterocycles. The fourth-order valence-corrected chi connectivity index (χ4v) is 0.841. The van der Waals surface area contributed by atoms with E-state index in [-0.39, 0.29) is 5.92 Å². The molecule has 0 rings (SSSR count). The van der Waals surface area contributed by atoms with Gasteiger partial charge < -0.3 is 9.90 Å². The van der Waals surface area contributed by atoms with Crippen LogP contribution >= 0.6 is 0 Å². The van der Waals surface area contributed by atoms with Gasteiger partial charge in [-0.1, -0.05) is 47.0 Å². The number of hydrogen-bond acceptors (Lipinski definition) is 2. The van der Waals surface area contributed by atoms with Gasteiger partial charge in [0.05, 0.1) is 0 Å². The maximum Gasteiger partial charge on any atom is 0.122 e. The Hall–Kier alpha value is -0.370. The van der Waals surface area contributed by atoms with Crippen LogP contribution in [-0.2, 0) is 4.79 Å². The topological polar surface area (TPSA) is 37.3 Å². The highest BCUT2D eigenvalue weighted by Gasteiger charge is 1.92. The molecule has 0 saturated heterocycles. The number of aldehydes is 1. The number of hydrogen-bond donors (Lipinski definition) is 1. The molecule has 0 aromatic carbocycles. The van der Waals surface area contributed by atoms with E-state index < -0.39 is 0 Å². The molecule has 2 heteroatoms. The first-order chi connectivity index (χ1) is 6.54. The summed E-state index contributed by atoms with van der Waals surface area (Å²) < 4.78 is 0. The number of carbonyl (C=O) groups is 1. The van der Waals surface area contributed by atoms with Crippen LogP contribution in [0.2, 0.25) is 0 Å². The van der Waals surface area contributed by atoms with Crippen LogP contribution in [0.4, 0.5) is 0 Å². The maximum absolute atomic E-state index is 9.50. The van der Waals surface area contributed by atoms with Crippen molar-refractivity contribution in [1.29, 1.82) is 0 Å². The minimum absolute atomic E-state index is 0.204. The molecule has 1 N–H and O–H groups in total. The average molecular weight is 202 g/mol. The average Bonchev–Trinajstić information content (AvgIpc) is 2.13. The molecule has 0 unspecified atom stereocenters. The number of carbonyl (C=O) groups excluding carboxylic acids is 1. The lowest BCUT2D eigenvalue weighted by atomic mass is 10.1. The molecule has 0 fully saturated rings. The molecule has 0 aromatic rings. The summed E-state index contributed by atoms with van der Waals surface area (Å²) in [4.78, 5) is 9.50. The van der Waals surface area contributed by atoms with Crippen LogP contribution in [0, 0.1) is 11.8 Å². The van der Waals surface area contributed by atoms with Gasteiger partial charge in [-0.3, -0.25) is 0 Å². The smallest absolute Gasteiger partial charge is 0.122 e. The van der Waals surface area contributed by atoms with Crippen molar-refractivity contribution in [3.8, 4) is 0 Å². The second kappa shape index (κ2) is 12.6. The molecule has 0 aromatic heterocycles. The van der Waals surface area contributed by atoms with E-state index in [1.165, 1.54) is 19.3 Å². The predicted molar refractivity (Wildman–Crippen MR) is 61.3 cm³/mol. The summed E-state index contributed by atoms with van der Waals surface area (Å²) in [6.45, 7) is 8.54. The van der Waals surface area contributed by atoms with Gasteiger partial charge in [0.15, 0.2) is 0 Å². The van der Waals surface area contributed by atoms with E-state index in [0.717, 1.165) is 18.6 Å². The van der Waals surface area contributed by atoms with E-state index in [1.54, 1.807) is 0 Å². The second-order valence-corrected chi connectivity index (χ2v) is 4.35. The van der Waals surface area contributed by atoms with E-state index in [4.69, 9.17) is 5.11 Å². The lowest BCUT2D eigenvalue weighted by Gasteiger charge is -2.01. The van der Waals surface area contributed by atoms with Gasteiger partial charge in [-0.25, -0.2) is 0 Å². The minimum Gasteiger partial charge on any atom is -0.396 e. The van der Waals surface area contributed by atoms with Crippen LogP contribution in [0.5, 0.6) is 0 Å². The summed E-state index contributed by atoms with van der Waals surface area (Å²) in [5.41, 5.74) is 0. The third-order valence-electron chi connectivity index (χ3n) is 1.71. The summed E-state index contributed by atoms with van der Waals surface area (Å²) in [7, 11) is 0. The first kappa shape index (κ1) is 16.1. The highest BCUT2D eigenvalue weighted by Crippen LogP contribution is 2.06. The summed E-state index contributed by atoms with van der Waals surface area (Å²) >= 11 is 0. The van der Waals surface area contributed by atoms with Crippen LogP contribution in [0.15, 0.2) is 0 Å². The van der Waals surface area contributed by atoms with Gasteiger partial charge in [0.1, 0.15) is 6.29 Å². The Balaban J connectivity index is 0. The highest BCUT2D eigenvalue weighted by molar-refractivity contribution is 5.51. The zero-order valence-corrected chi connectivity index (χ0v) is 10.1. The van der Waals surface area contributed by atoms with Crippen LogP contribution in [-0.4, -0.2) is 18.0 Å². The van der Waals surface area contributed by atoms with Gasteiger partial charge in [0, 0.05) is 12.5 Å². The number of aliphatic hydroxyl groups is 1. The largest absolute Gasteiger partial charge is 0.396 e. The maximum atomic E-state index is 9.50. The Morgan fingerprint density at radius 2 is 1.57 bits per heavy atom. The Morgan fingerprint density at radius 3 is 1.86 bits per heavy atom. The summed E-state index contributed by atoms with van der Waals surface area (Å²) in [5, 5.41) is 8.43. The Kier molecular flexibility index (Phi) is 14.5. The van der Waals surface area contributed by atoms with Crippen molar-refractivity contribution in [1.82, 2.24) is 0 Å². The molecule has 0 amide bonds. The van der Waals surface area contributed by atoms with Crippen LogP contribution in [0.1, 0.15) is 53.4 Å². The predicted octanol–water partition coefficient (Wildman–Crippen LogP) is 3.04. The lowest BCUT2D eigenvalue weighted by Crippen LogP contribution is -1.88. The Labute approximate surface area is 88.7 Å². The van der Waals surface area contributed by atoms with Gasteiger partial charge in [0.25, 0.3) is 0 Å². The summed E-state index contributed by atoms with van der Waals surface area (Å²) in [6.07, 6.45) is 5.67. The van der Waals surface area contributed by atoms with Crippen LogP contribution < -0.4 is 0 Å². The fraction of sp³-hybridized carbons (Fsp3) is 0.917. The third-order valence-corrected chi connectivity index (χ3v) is 1.71. The number of unbranched alkanes of at least 4 members (excludes halogenated alkanes) is 2. The fourth-order valence-electron chi connectivity index (χ4n) is 0.841. The van der Waals surface area contributed by atoms with E-state index in [2.05, 4.69) is 13.8 Å². The molecule has 0 radical (unpaired) electrons. The van der Waals surface area contributed by atoms with Crippen LogP contribution in [0.3, 0.4) is 0 Å². The molecule has 0 aliphatic heterocycles. The van der Waals surface area contributed by atoms with E-state index in [1.807, 2.05) is 13.8 Å². The molecule has 0 saturated carbocycles. The number of rotatable bonds is 6. The molecule has 0 aliphatic carbocycles. The third kappa shape index (κ3) is 22.6. The van der Waals surface area contributed by atoms with Gasteiger partial charge in [0.2, 0.25) is 0 Å². The van der Waals surface area contributed by atoms with Crippen molar-refractivity contribution in [3.05, 3.63) is 0 Å². The Bertz CT molecular complexity index is 109. The molecule has 0 spiro atoms. The van der Waals surface area contributed by atoms with Gasteiger partial charge in [-0.2, -0.15) is 0 Å². The molecule has 86 valence electrons. The van der Waals surface area contributed by atoms with E-state index in [0.29, 0.717) is 6.61 Å². The second-order valence-electron chi connectivity index (χ2n) is 4.35. The molecular weight excluding hydrogens is 176 g/mol. The van der Waals surface area contributed by atoms with Gasteiger partial charge in [-0.15, -0.1) is 0 Å². The van der Waals surface area contributed by atoms with Crippen molar-refractivity contribution in [2.75, 3.05) is 6.61 Å². The lowest BCUT2D eigenvalue weighted by molar-refractivity contribution is -0.110. The van der Waals surface area contributed by atoms with Crippen LogP contribution in [0.25, 0.3) is 0 Å². The van der Waals surface area contributed by atoms with Crippen molar-refractivity contribution in [2.45, 2.75) is 53.4 Å². The molecule has 0 aliphatic rings. The molecule has 2 nitrogen and oxygen atoms in total. The SMILES string of the molecule is CC(C)C=O.CC(C)CCCCCO. The molecule has 14 heavy (non-hydrogen) atoms. The minimum atomic E-state index is 0.204. The zero-order chi connectivity index (χ0) is 11.4. The van der Waals surface area contributed by atoms with Crippen molar-refractivity contribution in [3.63, 3.8) is 0 Å². The van der Waals surface area contributed by atoms with Gasteiger partial charge in [-0.05, 0) is 12.3 Å². The monoisotopic (exact) mass is 202 g/mol. The van der Waals surface area contributed by atoms with Crippen molar-refractivity contribution >= 4 is 6.29 Å². The highest BCUT2D eigenvalue weighted by atomic mass is 16.2. The van der Waals surface area contributed by atoms with Gasteiger partial charge >= 0.3 is 0 Å². The van der Waals surface area contributed by atoms with Crippen molar-refractivity contribution < 1.29 is 9.90 Å². The standard InChI is InChI=1S/C8H18O.C4H8O/c1-8(2)6-4-3-5-7-9;1-4(2)3-5/h8-9H,3-7H2,1-2H3;3-4H,1-2H3. The summed E-state index contributed by atoms with van der Waals surface area (Å²) in [6, 6.07) is 0. The quantitative estimate of drug-likeness (QED) is 0.531. The normalized spacial score (nSPS) is 9.93. The summed E-state index contributed by atoms with van der Waals surface area (Å²) in [5.74, 6) is 1.03. The molecular formula is C12H26O2. The first-order valence-corrected chi connectivity index (χ1v) is 5.60. The molecule has 0 atom stereocenters. The first-order valence-electron chi connectivity index (χ1n) is 5.60. The Morgan fingerprint density at radius 1 is 1.07 bits per heavy atom. The number of aliphatic hydroxyl groups excluding tert-OH is 1. The zero-order valence-electron chi connectivity index (χ0n) is 10.1. The van der Waals surface area contributed by atoms with E-state index in [9.17, 15) is 4.79 Å².